The summed E-state index contributed by atoms with van der Waals surface area (Å²) in [5.41, 5.74) is -1.91. The summed E-state index contributed by atoms with van der Waals surface area (Å²) in [4.78, 5) is 24.3. The molecule has 1 aromatic heterocycles. The zero-order valence-corrected chi connectivity index (χ0v) is 17.1. The van der Waals surface area contributed by atoms with E-state index in [4.69, 9.17) is 16.3 Å². The van der Waals surface area contributed by atoms with Crippen molar-refractivity contribution in [2.45, 2.75) is 16.0 Å². The average Bonchev–Trinajstić information content (AvgIpc) is 2.69. The van der Waals surface area contributed by atoms with Crippen molar-refractivity contribution in [3.63, 3.8) is 0 Å². The highest BCUT2D eigenvalue weighted by Crippen LogP contribution is 2.42. The van der Waals surface area contributed by atoms with E-state index in [2.05, 4.69) is 15.5 Å². The maximum absolute atomic E-state index is 13.5. The predicted molar refractivity (Wildman–Crippen MR) is 106 cm³/mol. The van der Waals surface area contributed by atoms with Crippen LogP contribution in [0.3, 0.4) is 0 Å². The van der Waals surface area contributed by atoms with Crippen molar-refractivity contribution in [3.8, 4) is 5.75 Å². The fraction of sp³-hybridized carbons (Fsp3) is 0.105. The van der Waals surface area contributed by atoms with Crippen LogP contribution in [0.2, 0.25) is 5.02 Å². The topological polar surface area (TPSA) is 84.1 Å². The molecule has 2 N–H and O–H groups in total. The Labute approximate surface area is 181 Å². The zero-order chi connectivity index (χ0) is 22.8. The summed E-state index contributed by atoms with van der Waals surface area (Å²) in [5.74, 6) is -1.36. The van der Waals surface area contributed by atoms with Crippen molar-refractivity contribution < 1.29 is 27.1 Å². The molecule has 0 atom stereocenters. The Bertz CT molecular complexity index is 1200. The van der Waals surface area contributed by atoms with Gasteiger partial charge in [-0.3, -0.25) is 9.59 Å². The maximum Gasteiger partial charge on any atom is 0.417 e. The van der Waals surface area contributed by atoms with Gasteiger partial charge in [0.05, 0.1) is 40.0 Å². The van der Waals surface area contributed by atoms with Crippen LogP contribution in [-0.4, -0.2) is 23.2 Å². The van der Waals surface area contributed by atoms with E-state index < -0.39 is 34.0 Å². The molecule has 0 fully saturated rings. The number of hydrogen-bond donors (Lipinski definition) is 2. The van der Waals surface area contributed by atoms with Crippen LogP contribution in [0.5, 0.6) is 5.75 Å². The number of carbonyl (C=O) groups is 1. The molecule has 0 saturated heterocycles. The number of methoxy groups -OCH3 is 1. The molecule has 162 valence electrons. The molecule has 2 aromatic carbocycles. The van der Waals surface area contributed by atoms with Gasteiger partial charge in [-0.05, 0) is 24.3 Å². The molecule has 0 aliphatic carbocycles. The average molecular weight is 474 g/mol. The molecule has 0 bridgehead atoms. The zero-order valence-electron chi connectivity index (χ0n) is 15.5. The minimum absolute atomic E-state index is 0.0279. The highest BCUT2D eigenvalue weighted by Gasteiger charge is 2.35. The minimum atomic E-state index is -4.77. The van der Waals surface area contributed by atoms with Gasteiger partial charge >= 0.3 is 6.18 Å². The number of halogens is 5. The summed E-state index contributed by atoms with van der Waals surface area (Å²) >= 11 is 6.55. The van der Waals surface area contributed by atoms with Gasteiger partial charge in [0.1, 0.15) is 11.6 Å². The molecule has 3 aromatic rings. The normalized spacial score (nSPS) is 11.3. The van der Waals surface area contributed by atoms with Crippen LogP contribution in [0.25, 0.3) is 0 Å². The molecule has 1 heterocycles. The second-order valence-corrected chi connectivity index (χ2v) is 7.50. The van der Waals surface area contributed by atoms with Crippen LogP contribution in [0.1, 0.15) is 15.9 Å². The van der Waals surface area contributed by atoms with Gasteiger partial charge in [0.25, 0.3) is 11.5 Å². The first-order chi connectivity index (χ1) is 14.6. The maximum atomic E-state index is 13.5. The molecule has 6 nitrogen and oxygen atoms in total. The number of hydrogen-bond acceptors (Lipinski definition) is 5. The second kappa shape index (κ2) is 8.98. The number of H-pyrrole nitrogens is 1. The minimum Gasteiger partial charge on any atom is -0.495 e. The van der Waals surface area contributed by atoms with Crippen LogP contribution in [-0.2, 0) is 6.18 Å². The SMILES string of the molecule is COc1cc(F)ccc1Sc1cc(C(F)(F)F)c(Cl)cc1C(=O)Nc1cn[nH]c(=O)c1. The Morgan fingerprint density at radius 1 is 1.19 bits per heavy atom. The van der Waals surface area contributed by atoms with E-state index >= 15 is 0 Å². The second-order valence-electron chi connectivity index (χ2n) is 6.01. The van der Waals surface area contributed by atoms with Gasteiger partial charge in [0.15, 0.2) is 0 Å². The van der Waals surface area contributed by atoms with Crippen LogP contribution < -0.4 is 15.6 Å². The van der Waals surface area contributed by atoms with Gasteiger partial charge in [-0.1, -0.05) is 23.4 Å². The van der Waals surface area contributed by atoms with Gasteiger partial charge < -0.3 is 10.1 Å². The van der Waals surface area contributed by atoms with Crippen LogP contribution in [0.4, 0.5) is 23.2 Å². The lowest BCUT2D eigenvalue weighted by molar-refractivity contribution is -0.137. The van der Waals surface area contributed by atoms with Crippen LogP contribution >= 0.6 is 23.4 Å². The van der Waals surface area contributed by atoms with Gasteiger partial charge in [-0.2, -0.15) is 18.3 Å². The van der Waals surface area contributed by atoms with E-state index in [1.807, 2.05) is 0 Å². The molecule has 3 rings (SSSR count). The van der Waals surface area contributed by atoms with E-state index in [-0.39, 0.29) is 26.8 Å². The van der Waals surface area contributed by atoms with Gasteiger partial charge in [-0.25, -0.2) is 9.49 Å². The van der Waals surface area contributed by atoms with E-state index in [1.165, 1.54) is 13.2 Å². The van der Waals surface area contributed by atoms with Crippen LogP contribution in [0, 0.1) is 5.82 Å². The third kappa shape index (κ3) is 5.36. The standard InChI is InChI=1S/C19H12ClF4N3O3S/c1-30-14-4-9(21)2-3-15(14)31-16-7-12(19(22,23)24)13(20)6-11(16)18(29)26-10-5-17(28)27-25-8-10/h2-8H,1H3,(H2,26,27,28,29). The summed E-state index contributed by atoms with van der Waals surface area (Å²) in [6.07, 6.45) is -3.62. The third-order valence-corrected chi connectivity index (χ3v) is 5.32. The monoisotopic (exact) mass is 473 g/mol. The molecule has 0 saturated carbocycles. The Morgan fingerprint density at radius 2 is 1.94 bits per heavy atom. The highest BCUT2D eigenvalue weighted by molar-refractivity contribution is 7.99. The van der Waals surface area contributed by atoms with Crippen molar-refractivity contribution in [2.24, 2.45) is 0 Å². The number of benzene rings is 2. The quantitative estimate of drug-likeness (QED) is 0.510. The first kappa shape index (κ1) is 22.6. The fourth-order valence-corrected chi connectivity index (χ4v) is 3.84. The van der Waals surface area contributed by atoms with E-state index in [1.54, 1.807) is 0 Å². The third-order valence-electron chi connectivity index (χ3n) is 3.89. The molecule has 0 radical (unpaired) electrons. The van der Waals surface area contributed by atoms with Crippen molar-refractivity contribution in [1.29, 1.82) is 0 Å². The lowest BCUT2D eigenvalue weighted by Crippen LogP contribution is -2.17. The fourth-order valence-electron chi connectivity index (χ4n) is 2.52. The van der Waals surface area contributed by atoms with Crippen molar-refractivity contribution in [1.82, 2.24) is 10.2 Å². The van der Waals surface area contributed by atoms with Gasteiger partial charge in [0.2, 0.25) is 0 Å². The van der Waals surface area contributed by atoms with Gasteiger partial charge in [-0.15, -0.1) is 0 Å². The summed E-state index contributed by atoms with van der Waals surface area (Å²) in [6.45, 7) is 0. The Balaban J connectivity index is 2.08. The molecule has 12 heteroatoms. The molecule has 31 heavy (non-hydrogen) atoms. The number of anilines is 1. The van der Waals surface area contributed by atoms with E-state index in [0.29, 0.717) is 0 Å². The van der Waals surface area contributed by atoms with Crippen molar-refractivity contribution >= 4 is 35.0 Å². The molecular weight excluding hydrogens is 462 g/mol. The molecule has 0 aliphatic heterocycles. The summed E-state index contributed by atoms with van der Waals surface area (Å²) < 4.78 is 58.7. The first-order valence-corrected chi connectivity index (χ1v) is 9.56. The van der Waals surface area contributed by atoms with Gasteiger partial charge in [0, 0.05) is 17.0 Å². The lowest BCUT2D eigenvalue weighted by Gasteiger charge is -2.16. The Morgan fingerprint density at radius 3 is 2.58 bits per heavy atom. The first-order valence-electron chi connectivity index (χ1n) is 8.36. The smallest absolute Gasteiger partial charge is 0.417 e. The summed E-state index contributed by atoms with van der Waals surface area (Å²) in [5, 5.41) is 7.36. The molecular formula is C19H12ClF4N3O3S. The Hall–Kier alpha value is -3.05. The lowest BCUT2D eigenvalue weighted by atomic mass is 10.1. The van der Waals surface area contributed by atoms with E-state index in [9.17, 15) is 27.2 Å². The van der Waals surface area contributed by atoms with Crippen LogP contribution in [0.15, 0.2) is 57.2 Å². The highest BCUT2D eigenvalue weighted by atomic mass is 35.5. The largest absolute Gasteiger partial charge is 0.495 e. The number of nitrogens with one attached hydrogen (secondary N) is 2. The number of ether oxygens (including phenoxy) is 1. The Kier molecular flexibility index (Phi) is 6.56. The number of nitrogens with zero attached hydrogens (tertiary/aromatic N) is 1. The number of alkyl halides is 3. The number of amides is 1. The van der Waals surface area contributed by atoms with Crippen molar-refractivity contribution in [2.75, 3.05) is 12.4 Å². The van der Waals surface area contributed by atoms with E-state index in [0.717, 1.165) is 48.3 Å². The molecule has 1 amide bonds. The molecule has 0 aliphatic rings. The van der Waals surface area contributed by atoms with Crippen molar-refractivity contribution in [3.05, 3.63) is 74.9 Å². The number of aromatic nitrogens is 2. The molecule has 0 spiro atoms. The summed E-state index contributed by atoms with van der Waals surface area (Å²) in [6, 6.07) is 6.12. The predicted octanol–water partition coefficient (Wildman–Crippen LogP) is 4.99. The molecule has 0 unspecified atom stereocenters. The number of rotatable bonds is 5. The number of aromatic amines is 1. The summed E-state index contributed by atoms with van der Waals surface area (Å²) in [7, 11) is 1.27. The number of carbonyl (C=O) groups excluding carboxylic acids is 1.